The fourth-order valence-corrected chi connectivity index (χ4v) is 4.35. The van der Waals surface area contributed by atoms with Gasteiger partial charge in [0.15, 0.2) is 5.65 Å². The number of fused-ring (bicyclic) bond motifs is 1. The number of nitrogens with one attached hydrogen (secondary N) is 1. The van der Waals surface area contributed by atoms with Gasteiger partial charge in [0, 0.05) is 68.7 Å². The summed E-state index contributed by atoms with van der Waals surface area (Å²) in [6.07, 6.45) is 3.96. The zero-order chi connectivity index (χ0) is 25.8. The molecular weight excluding hydrogens is 472 g/mol. The number of hydrogen-bond acceptors (Lipinski definition) is 9. The van der Waals surface area contributed by atoms with E-state index in [0.717, 1.165) is 24.2 Å². The van der Waals surface area contributed by atoms with Gasteiger partial charge >= 0.3 is 0 Å². The fourth-order valence-electron chi connectivity index (χ4n) is 4.35. The lowest BCUT2D eigenvalue weighted by atomic mass is 10.1. The molecule has 37 heavy (non-hydrogen) atoms. The number of aliphatic hydroxyl groups excluding tert-OH is 1. The minimum absolute atomic E-state index is 0.0175. The van der Waals surface area contributed by atoms with Gasteiger partial charge in [-0.1, -0.05) is 0 Å². The van der Waals surface area contributed by atoms with E-state index in [1.54, 1.807) is 53.4 Å². The van der Waals surface area contributed by atoms with Crippen molar-refractivity contribution in [1.82, 2.24) is 29.8 Å². The van der Waals surface area contributed by atoms with Crippen LogP contribution in [-0.4, -0.2) is 74.8 Å². The average molecular weight is 501 g/mol. The zero-order valence-electron chi connectivity index (χ0n) is 20.5. The molecule has 3 aromatic heterocycles. The minimum Gasteiger partial charge on any atom is -0.396 e. The van der Waals surface area contributed by atoms with Gasteiger partial charge in [0.1, 0.15) is 0 Å². The van der Waals surface area contributed by atoms with Crippen molar-refractivity contribution < 1.29 is 9.90 Å². The fraction of sp³-hybridized carbons (Fsp3) is 0.308. The van der Waals surface area contributed by atoms with Crippen LogP contribution in [0.3, 0.4) is 0 Å². The molecule has 0 unspecified atom stereocenters. The van der Waals surface area contributed by atoms with Gasteiger partial charge in [-0.25, -0.2) is 15.0 Å². The van der Waals surface area contributed by atoms with E-state index in [-0.39, 0.29) is 18.1 Å². The Morgan fingerprint density at radius 3 is 2.30 bits per heavy atom. The number of amides is 1. The number of aliphatic hydroxyl groups is 1. The average Bonchev–Trinajstić information content (AvgIpc) is 2.93. The molecule has 1 fully saturated rings. The summed E-state index contributed by atoms with van der Waals surface area (Å²) in [6, 6.07) is 11.9. The van der Waals surface area contributed by atoms with E-state index in [1.165, 1.54) is 6.07 Å². The summed E-state index contributed by atoms with van der Waals surface area (Å²) in [5.74, 6) is 1.04. The van der Waals surface area contributed by atoms with Crippen LogP contribution in [0.15, 0.2) is 59.7 Å². The molecule has 0 bridgehead atoms. The predicted octanol–water partition coefficient (Wildman–Crippen LogP) is 1.32. The molecule has 0 saturated carbocycles. The Labute approximate surface area is 213 Å². The molecule has 4 heterocycles. The zero-order valence-corrected chi connectivity index (χ0v) is 20.5. The van der Waals surface area contributed by atoms with Gasteiger partial charge in [-0.3, -0.25) is 14.2 Å². The Kier molecular flexibility index (Phi) is 7.04. The topological polar surface area (TPSA) is 129 Å². The quantitative estimate of drug-likeness (QED) is 0.361. The maximum atomic E-state index is 13.0. The molecule has 4 aromatic rings. The van der Waals surface area contributed by atoms with Gasteiger partial charge in [-0.15, -0.1) is 0 Å². The molecule has 0 aliphatic carbocycles. The number of carbonyl (C=O) groups is 1. The van der Waals surface area contributed by atoms with Crippen LogP contribution >= 0.6 is 0 Å². The lowest BCUT2D eigenvalue weighted by Gasteiger charge is -2.34. The van der Waals surface area contributed by atoms with Crippen molar-refractivity contribution in [3.8, 4) is 5.69 Å². The Hall–Kier alpha value is -4.38. The van der Waals surface area contributed by atoms with Gasteiger partial charge in [0.25, 0.3) is 11.5 Å². The van der Waals surface area contributed by atoms with Crippen molar-refractivity contribution in [1.29, 1.82) is 0 Å². The predicted molar refractivity (Wildman–Crippen MR) is 140 cm³/mol. The molecule has 1 aliphatic heterocycles. The molecule has 11 nitrogen and oxygen atoms in total. The Bertz CT molecular complexity index is 1450. The lowest BCUT2D eigenvalue weighted by Crippen LogP contribution is -2.47. The Morgan fingerprint density at radius 1 is 0.946 bits per heavy atom. The molecule has 1 aromatic carbocycles. The molecule has 190 valence electrons. The summed E-state index contributed by atoms with van der Waals surface area (Å²) in [6.45, 7) is 5.17. The van der Waals surface area contributed by atoms with Gasteiger partial charge in [-0.05, 0) is 49.7 Å². The summed E-state index contributed by atoms with van der Waals surface area (Å²) in [5.41, 5.74) is 2.16. The third kappa shape index (κ3) is 5.12. The lowest BCUT2D eigenvalue weighted by molar-refractivity contribution is 0.0951. The van der Waals surface area contributed by atoms with E-state index >= 15 is 0 Å². The normalized spacial score (nSPS) is 13.7. The second kappa shape index (κ2) is 10.7. The largest absolute Gasteiger partial charge is 0.396 e. The van der Waals surface area contributed by atoms with Crippen LogP contribution in [-0.2, 0) is 0 Å². The number of nitrogens with zero attached hydrogens (tertiary/aromatic N) is 7. The SMILES string of the molecule is Cc1nc(N2CCN(c3ncccn3)CC2)nc2c1ccc(=O)n2-c1ccc(C(=O)NCCCO)cc1. The molecule has 11 heteroatoms. The van der Waals surface area contributed by atoms with Crippen molar-refractivity contribution >= 4 is 28.8 Å². The van der Waals surface area contributed by atoms with Crippen molar-refractivity contribution in [2.45, 2.75) is 13.3 Å². The van der Waals surface area contributed by atoms with Crippen LogP contribution < -0.4 is 20.7 Å². The van der Waals surface area contributed by atoms with Crippen LogP contribution in [0, 0.1) is 6.92 Å². The summed E-state index contributed by atoms with van der Waals surface area (Å²) in [5, 5.41) is 12.4. The van der Waals surface area contributed by atoms with Gasteiger partial charge < -0.3 is 20.2 Å². The number of pyridine rings is 1. The summed E-state index contributed by atoms with van der Waals surface area (Å²) >= 11 is 0. The monoisotopic (exact) mass is 500 g/mol. The summed E-state index contributed by atoms with van der Waals surface area (Å²) < 4.78 is 1.55. The first-order valence-electron chi connectivity index (χ1n) is 12.2. The Morgan fingerprint density at radius 2 is 1.62 bits per heavy atom. The highest BCUT2D eigenvalue weighted by Gasteiger charge is 2.22. The number of carbonyl (C=O) groups excluding carboxylic acids is 1. The smallest absolute Gasteiger partial charge is 0.256 e. The molecule has 5 rings (SSSR count). The third-order valence-corrected chi connectivity index (χ3v) is 6.33. The highest BCUT2D eigenvalue weighted by molar-refractivity contribution is 5.94. The van der Waals surface area contributed by atoms with E-state index in [4.69, 9.17) is 15.1 Å². The highest BCUT2D eigenvalue weighted by Crippen LogP contribution is 2.22. The van der Waals surface area contributed by atoms with Crippen LogP contribution in [0.2, 0.25) is 0 Å². The highest BCUT2D eigenvalue weighted by atomic mass is 16.3. The second-order valence-electron chi connectivity index (χ2n) is 8.76. The maximum absolute atomic E-state index is 13.0. The standard InChI is InChI=1S/C26H28N8O3/c1-18-21-8-9-22(36)34(20-6-4-19(5-7-20)24(37)27-12-3-17-35)23(21)31-26(30-18)33-15-13-32(14-16-33)25-28-10-2-11-29-25/h2,4-11,35H,3,12-17H2,1H3,(H,27,37). The van der Waals surface area contributed by atoms with Crippen LogP contribution in [0.4, 0.5) is 11.9 Å². The molecule has 1 saturated heterocycles. The Balaban J connectivity index is 1.43. The summed E-state index contributed by atoms with van der Waals surface area (Å²) in [4.78, 5) is 47.8. The summed E-state index contributed by atoms with van der Waals surface area (Å²) in [7, 11) is 0. The number of aryl methyl sites for hydroxylation is 1. The molecule has 0 atom stereocenters. The van der Waals surface area contributed by atoms with Crippen LogP contribution in [0.1, 0.15) is 22.5 Å². The van der Waals surface area contributed by atoms with Crippen molar-refractivity contribution in [3.63, 3.8) is 0 Å². The van der Waals surface area contributed by atoms with Gasteiger partial charge in [0.05, 0.1) is 11.4 Å². The third-order valence-electron chi connectivity index (χ3n) is 6.33. The molecule has 1 amide bonds. The van der Waals surface area contributed by atoms with E-state index in [2.05, 4.69) is 25.1 Å². The molecule has 0 spiro atoms. The van der Waals surface area contributed by atoms with Crippen LogP contribution in [0.5, 0.6) is 0 Å². The number of rotatable bonds is 7. The maximum Gasteiger partial charge on any atom is 0.256 e. The number of piperazine rings is 1. The molecule has 0 radical (unpaired) electrons. The molecular formula is C26H28N8O3. The first-order chi connectivity index (χ1) is 18.0. The second-order valence-corrected chi connectivity index (χ2v) is 8.76. The number of aromatic nitrogens is 5. The van der Waals surface area contributed by atoms with Gasteiger partial charge in [0.2, 0.25) is 11.9 Å². The van der Waals surface area contributed by atoms with E-state index in [0.29, 0.717) is 54.8 Å². The first kappa shape index (κ1) is 24.3. The van der Waals surface area contributed by atoms with Crippen molar-refractivity contribution in [2.24, 2.45) is 0 Å². The molecule has 2 N–H and O–H groups in total. The number of benzene rings is 1. The van der Waals surface area contributed by atoms with Crippen LogP contribution in [0.25, 0.3) is 16.7 Å². The van der Waals surface area contributed by atoms with E-state index in [9.17, 15) is 9.59 Å². The number of hydrogen-bond donors (Lipinski definition) is 2. The van der Waals surface area contributed by atoms with E-state index < -0.39 is 0 Å². The van der Waals surface area contributed by atoms with Gasteiger partial charge in [-0.2, -0.15) is 4.98 Å². The molecule has 1 aliphatic rings. The minimum atomic E-state index is -0.231. The van der Waals surface area contributed by atoms with Crippen molar-refractivity contribution in [3.05, 3.63) is 76.5 Å². The van der Waals surface area contributed by atoms with Crippen molar-refractivity contribution in [2.75, 3.05) is 49.1 Å². The number of anilines is 2. The first-order valence-corrected chi connectivity index (χ1v) is 12.2. The van der Waals surface area contributed by atoms with E-state index in [1.807, 2.05) is 6.92 Å².